The van der Waals surface area contributed by atoms with Crippen LogP contribution in [-0.2, 0) is 9.53 Å². The third kappa shape index (κ3) is 5.13. The summed E-state index contributed by atoms with van der Waals surface area (Å²) < 4.78 is 4.89. The number of rotatable bonds is 6. The van der Waals surface area contributed by atoms with Crippen LogP contribution in [0.3, 0.4) is 0 Å². The van der Waals surface area contributed by atoms with Crippen molar-refractivity contribution in [2.24, 2.45) is 0 Å². The molecular weight excluding hydrogens is 354 g/mol. The molecule has 0 aliphatic heterocycles. The zero-order valence-corrected chi connectivity index (χ0v) is 15.7. The fourth-order valence-corrected chi connectivity index (χ4v) is 2.49. The van der Waals surface area contributed by atoms with Crippen molar-refractivity contribution in [3.8, 4) is 0 Å². The highest BCUT2D eigenvalue weighted by Gasteiger charge is 2.16. The summed E-state index contributed by atoms with van der Waals surface area (Å²) in [6, 6.07) is 11.9. The maximum absolute atomic E-state index is 12.4. The Kier molecular flexibility index (Phi) is 6.86. The van der Waals surface area contributed by atoms with E-state index >= 15 is 0 Å². The maximum atomic E-state index is 12.4. The molecule has 0 heterocycles. The van der Waals surface area contributed by atoms with Gasteiger partial charge in [0.1, 0.15) is 6.04 Å². The smallest absolute Gasteiger partial charge is 0.411 e. The Bertz CT molecular complexity index is 795. The van der Waals surface area contributed by atoms with Crippen molar-refractivity contribution in [2.45, 2.75) is 26.8 Å². The fraction of sp³-hybridized carbons (Fsp3) is 0.263. The van der Waals surface area contributed by atoms with Gasteiger partial charge in [-0.1, -0.05) is 29.8 Å². The minimum absolute atomic E-state index is 0.221. The number of amides is 2. The summed E-state index contributed by atoms with van der Waals surface area (Å²) in [7, 11) is 0. The average Bonchev–Trinajstić information content (AvgIpc) is 2.60. The quantitative estimate of drug-likeness (QED) is 0.686. The van der Waals surface area contributed by atoms with Crippen LogP contribution < -0.4 is 16.0 Å². The molecule has 2 aromatic rings. The van der Waals surface area contributed by atoms with Crippen molar-refractivity contribution < 1.29 is 14.3 Å². The summed E-state index contributed by atoms with van der Waals surface area (Å²) >= 11 is 6.07. The molecule has 26 heavy (non-hydrogen) atoms. The molecule has 0 unspecified atom stereocenters. The van der Waals surface area contributed by atoms with E-state index in [4.69, 9.17) is 16.3 Å². The maximum Gasteiger partial charge on any atom is 0.411 e. The summed E-state index contributed by atoms with van der Waals surface area (Å²) in [5.41, 5.74) is 2.72. The largest absolute Gasteiger partial charge is 0.450 e. The van der Waals surface area contributed by atoms with Crippen LogP contribution in [0.4, 0.5) is 21.9 Å². The van der Waals surface area contributed by atoms with Crippen LogP contribution in [-0.4, -0.2) is 24.6 Å². The van der Waals surface area contributed by atoms with Gasteiger partial charge in [-0.25, -0.2) is 4.79 Å². The van der Waals surface area contributed by atoms with Crippen molar-refractivity contribution in [3.63, 3.8) is 0 Å². The second-order valence-corrected chi connectivity index (χ2v) is 6.07. The molecule has 0 radical (unpaired) electrons. The summed E-state index contributed by atoms with van der Waals surface area (Å²) in [4.78, 5) is 24.0. The lowest BCUT2D eigenvalue weighted by Crippen LogP contribution is -2.32. The predicted octanol–water partition coefficient (Wildman–Crippen LogP) is 4.66. The number of ether oxygens (including phenoxy) is 1. The topological polar surface area (TPSA) is 79.5 Å². The number of para-hydroxylation sites is 1. The Labute approximate surface area is 157 Å². The van der Waals surface area contributed by atoms with Gasteiger partial charge in [0.25, 0.3) is 0 Å². The first-order chi connectivity index (χ1) is 12.4. The van der Waals surface area contributed by atoms with E-state index < -0.39 is 12.1 Å². The molecule has 2 amide bonds. The van der Waals surface area contributed by atoms with Gasteiger partial charge in [-0.05, 0) is 50.6 Å². The monoisotopic (exact) mass is 375 g/mol. The van der Waals surface area contributed by atoms with Crippen molar-refractivity contribution in [2.75, 3.05) is 22.6 Å². The number of carbonyl (C=O) groups is 2. The first-order valence-electron chi connectivity index (χ1n) is 8.27. The van der Waals surface area contributed by atoms with E-state index in [1.807, 2.05) is 13.0 Å². The highest BCUT2D eigenvalue weighted by atomic mass is 35.5. The Hall–Kier alpha value is -2.73. The van der Waals surface area contributed by atoms with Crippen molar-refractivity contribution in [1.82, 2.24) is 0 Å². The SMILES string of the molecule is CCOC(=O)Nc1cccc(N[C@H](C)C(=O)Nc2ccccc2Cl)c1C. The molecule has 0 aromatic heterocycles. The van der Waals surface area contributed by atoms with Gasteiger partial charge in [-0.15, -0.1) is 0 Å². The summed E-state index contributed by atoms with van der Waals surface area (Å²) in [5.74, 6) is -0.221. The number of halogens is 1. The summed E-state index contributed by atoms with van der Waals surface area (Å²) in [5, 5.41) is 9.10. The molecule has 0 aliphatic rings. The molecule has 2 rings (SSSR count). The number of nitrogens with one attached hydrogen (secondary N) is 3. The molecule has 2 aromatic carbocycles. The van der Waals surface area contributed by atoms with Crippen molar-refractivity contribution in [1.29, 1.82) is 0 Å². The highest BCUT2D eigenvalue weighted by molar-refractivity contribution is 6.33. The highest BCUT2D eigenvalue weighted by Crippen LogP contribution is 2.25. The van der Waals surface area contributed by atoms with Gasteiger partial charge in [-0.3, -0.25) is 10.1 Å². The van der Waals surface area contributed by atoms with E-state index in [1.165, 1.54) is 0 Å². The van der Waals surface area contributed by atoms with Gasteiger partial charge in [0.05, 0.1) is 17.3 Å². The third-order valence-corrected chi connectivity index (χ3v) is 4.07. The molecule has 3 N–H and O–H groups in total. The van der Waals surface area contributed by atoms with Gasteiger partial charge in [0.2, 0.25) is 5.91 Å². The van der Waals surface area contributed by atoms with Gasteiger partial charge < -0.3 is 15.4 Å². The van der Waals surface area contributed by atoms with Crippen LogP contribution in [0.1, 0.15) is 19.4 Å². The number of anilines is 3. The molecular formula is C19H22ClN3O3. The fourth-order valence-electron chi connectivity index (χ4n) is 2.31. The predicted molar refractivity (Wildman–Crippen MR) is 105 cm³/mol. The molecule has 1 atom stereocenters. The number of carbonyl (C=O) groups excluding carboxylic acids is 2. The second kappa shape index (κ2) is 9.10. The van der Waals surface area contributed by atoms with E-state index in [0.29, 0.717) is 23.0 Å². The van der Waals surface area contributed by atoms with E-state index in [9.17, 15) is 9.59 Å². The van der Waals surface area contributed by atoms with Crippen molar-refractivity contribution >= 4 is 40.7 Å². The van der Waals surface area contributed by atoms with E-state index in [-0.39, 0.29) is 5.91 Å². The molecule has 0 saturated heterocycles. The van der Waals surface area contributed by atoms with Crippen LogP contribution >= 0.6 is 11.6 Å². The normalized spacial score (nSPS) is 11.4. The Balaban J connectivity index is 2.06. The molecule has 6 nitrogen and oxygen atoms in total. The molecule has 7 heteroatoms. The van der Waals surface area contributed by atoms with Gasteiger partial charge in [0.15, 0.2) is 0 Å². The number of hydrogen-bond donors (Lipinski definition) is 3. The Morgan fingerprint density at radius 3 is 2.38 bits per heavy atom. The van der Waals surface area contributed by atoms with Crippen LogP contribution in [0.2, 0.25) is 5.02 Å². The molecule has 0 bridgehead atoms. The lowest BCUT2D eigenvalue weighted by atomic mass is 10.1. The third-order valence-electron chi connectivity index (χ3n) is 3.74. The lowest BCUT2D eigenvalue weighted by molar-refractivity contribution is -0.116. The number of hydrogen-bond acceptors (Lipinski definition) is 4. The van der Waals surface area contributed by atoms with E-state index in [2.05, 4.69) is 16.0 Å². The van der Waals surface area contributed by atoms with Gasteiger partial charge in [-0.2, -0.15) is 0 Å². The zero-order valence-electron chi connectivity index (χ0n) is 14.9. The van der Waals surface area contributed by atoms with Gasteiger partial charge >= 0.3 is 6.09 Å². The standard InChI is InChI=1S/C19H22ClN3O3/c1-4-26-19(25)23-16-11-7-10-15(12(16)2)21-13(3)18(24)22-17-9-6-5-8-14(17)20/h5-11,13,21H,4H2,1-3H3,(H,22,24)(H,23,25)/t13-/m1/s1. The molecule has 0 aliphatic carbocycles. The van der Waals surface area contributed by atoms with E-state index in [0.717, 1.165) is 11.3 Å². The minimum atomic E-state index is -0.516. The molecule has 0 saturated carbocycles. The lowest BCUT2D eigenvalue weighted by Gasteiger charge is -2.19. The zero-order chi connectivity index (χ0) is 19.1. The first-order valence-corrected chi connectivity index (χ1v) is 8.65. The summed E-state index contributed by atoms with van der Waals surface area (Å²) in [6.07, 6.45) is -0.516. The summed E-state index contributed by atoms with van der Waals surface area (Å²) in [6.45, 7) is 5.63. The minimum Gasteiger partial charge on any atom is -0.450 e. The van der Waals surface area contributed by atoms with E-state index in [1.54, 1.807) is 50.2 Å². The Morgan fingerprint density at radius 2 is 1.69 bits per heavy atom. The molecule has 0 fully saturated rings. The second-order valence-electron chi connectivity index (χ2n) is 5.66. The average molecular weight is 376 g/mol. The van der Waals surface area contributed by atoms with Crippen LogP contribution in [0.5, 0.6) is 0 Å². The molecule has 138 valence electrons. The van der Waals surface area contributed by atoms with Crippen LogP contribution in [0, 0.1) is 6.92 Å². The van der Waals surface area contributed by atoms with Crippen LogP contribution in [0.25, 0.3) is 0 Å². The van der Waals surface area contributed by atoms with Crippen LogP contribution in [0.15, 0.2) is 42.5 Å². The molecule has 0 spiro atoms. The number of benzene rings is 2. The van der Waals surface area contributed by atoms with Gasteiger partial charge in [0, 0.05) is 11.4 Å². The van der Waals surface area contributed by atoms with Crippen molar-refractivity contribution in [3.05, 3.63) is 53.1 Å². The first kappa shape index (κ1) is 19.6. The Morgan fingerprint density at radius 1 is 1.04 bits per heavy atom.